The van der Waals surface area contributed by atoms with Crippen LogP contribution >= 0.6 is 11.3 Å². The minimum Gasteiger partial charge on any atom is -0.463 e. The Morgan fingerprint density at radius 2 is 1.71 bits per heavy atom. The fraction of sp³-hybridized carbons (Fsp3) is 0.310. The van der Waals surface area contributed by atoms with Gasteiger partial charge in [0.05, 0.1) is 28.5 Å². The molecule has 0 radical (unpaired) electrons. The lowest BCUT2D eigenvalue weighted by Gasteiger charge is -2.24. The van der Waals surface area contributed by atoms with E-state index < -0.39 is 18.0 Å². The van der Waals surface area contributed by atoms with Crippen molar-refractivity contribution in [3.8, 4) is 5.75 Å². The quantitative estimate of drug-likeness (QED) is 0.325. The van der Waals surface area contributed by atoms with Crippen molar-refractivity contribution in [2.45, 2.75) is 40.7 Å². The third kappa shape index (κ3) is 5.47. The highest BCUT2D eigenvalue weighted by atomic mass is 32.1. The summed E-state index contributed by atoms with van der Waals surface area (Å²) in [6, 6.07) is 14.1. The van der Waals surface area contributed by atoms with E-state index in [0.717, 1.165) is 24.3 Å². The molecular weight excluding hydrogens is 502 g/mol. The summed E-state index contributed by atoms with van der Waals surface area (Å²) in [5.74, 6) is -0.580. The van der Waals surface area contributed by atoms with Gasteiger partial charge in [-0.25, -0.2) is 9.79 Å². The summed E-state index contributed by atoms with van der Waals surface area (Å²) in [6.07, 6.45) is 1.85. The van der Waals surface area contributed by atoms with Crippen LogP contribution in [0, 0.1) is 0 Å². The summed E-state index contributed by atoms with van der Waals surface area (Å²) in [4.78, 5) is 45.5. The maximum absolute atomic E-state index is 13.7. The van der Waals surface area contributed by atoms with E-state index in [1.54, 1.807) is 42.7 Å². The van der Waals surface area contributed by atoms with Crippen LogP contribution in [0.3, 0.4) is 0 Å². The number of nitrogens with zero attached hydrogens (tertiary/aromatic N) is 3. The van der Waals surface area contributed by atoms with Crippen LogP contribution in [0.2, 0.25) is 0 Å². The Labute approximate surface area is 225 Å². The van der Waals surface area contributed by atoms with Gasteiger partial charge >= 0.3 is 11.9 Å². The zero-order valence-corrected chi connectivity index (χ0v) is 23.0. The van der Waals surface area contributed by atoms with E-state index in [1.807, 2.05) is 30.3 Å². The molecule has 0 unspecified atom stereocenters. The fourth-order valence-electron chi connectivity index (χ4n) is 4.51. The van der Waals surface area contributed by atoms with Crippen LogP contribution in [0.25, 0.3) is 6.08 Å². The average Bonchev–Trinajstić information content (AvgIpc) is 3.19. The lowest BCUT2D eigenvalue weighted by Crippen LogP contribution is -2.39. The molecule has 0 amide bonds. The van der Waals surface area contributed by atoms with Crippen molar-refractivity contribution in [2.24, 2.45) is 4.99 Å². The minimum absolute atomic E-state index is 0.196. The number of esters is 2. The van der Waals surface area contributed by atoms with Crippen LogP contribution < -0.4 is 24.5 Å². The molecule has 0 spiro atoms. The Kier molecular flexibility index (Phi) is 8.26. The summed E-state index contributed by atoms with van der Waals surface area (Å²) >= 11 is 1.28. The van der Waals surface area contributed by atoms with Gasteiger partial charge in [0.15, 0.2) is 4.80 Å². The number of fused-ring (bicyclic) bond motifs is 1. The Morgan fingerprint density at radius 3 is 2.29 bits per heavy atom. The van der Waals surface area contributed by atoms with Gasteiger partial charge < -0.3 is 14.4 Å². The summed E-state index contributed by atoms with van der Waals surface area (Å²) in [5, 5.41) is 0. The number of benzene rings is 2. The molecule has 1 aliphatic rings. The first-order valence-corrected chi connectivity index (χ1v) is 13.4. The molecule has 2 heterocycles. The van der Waals surface area contributed by atoms with Gasteiger partial charge in [-0.2, -0.15) is 0 Å². The number of carbonyl (C=O) groups excluding carboxylic acids is 2. The Hall–Kier alpha value is -3.98. The molecule has 8 nitrogen and oxygen atoms in total. The number of ether oxygens (including phenoxy) is 2. The van der Waals surface area contributed by atoms with E-state index in [2.05, 4.69) is 23.7 Å². The second kappa shape index (κ2) is 11.6. The van der Waals surface area contributed by atoms with Crippen LogP contribution in [0.1, 0.15) is 51.8 Å². The zero-order chi connectivity index (χ0) is 27.4. The zero-order valence-electron chi connectivity index (χ0n) is 22.2. The van der Waals surface area contributed by atoms with E-state index >= 15 is 0 Å². The molecule has 1 aromatic heterocycles. The third-order valence-electron chi connectivity index (χ3n) is 6.29. The molecular formula is C29H31N3O5S. The predicted molar refractivity (Wildman–Crippen MR) is 148 cm³/mol. The second-order valence-electron chi connectivity index (χ2n) is 8.73. The molecule has 9 heteroatoms. The highest BCUT2D eigenvalue weighted by molar-refractivity contribution is 7.07. The Balaban J connectivity index is 1.83. The molecule has 1 aliphatic heterocycles. The van der Waals surface area contributed by atoms with E-state index in [0.29, 0.717) is 31.9 Å². The van der Waals surface area contributed by atoms with Crippen molar-refractivity contribution in [3.63, 3.8) is 0 Å². The summed E-state index contributed by atoms with van der Waals surface area (Å²) in [6.45, 7) is 11.1. The fourth-order valence-corrected chi connectivity index (χ4v) is 5.56. The summed E-state index contributed by atoms with van der Waals surface area (Å²) in [5.41, 5.74) is 3.25. The Morgan fingerprint density at radius 1 is 1.05 bits per heavy atom. The van der Waals surface area contributed by atoms with Crippen LogP contribution in [-0.4, -0.2) is 36.2 Å². The van der Waals surface area contributed by atoms with Gasteiger partial charge in [0.2, 0.25) is 0 Å². The first-order chi connectivity index (χ1) is 18.3. The molecule has 3 aromatic rings. The van der Waals surface area contributed by atoms with Gasteiger partial charge in [0.25, 0.3) is 5.56 Å². The van der Waals surface area contributed by atoms with E-state index in [1.165, 1.54) is 18.3 Å². The topological polar surface area (TPSA) is 90.2 Å². The molecule has 198 valence electrons. The predicted octanol–water partition coefficient (Wildman–Crippen LogP) is 3.57. The van der Waals surface area contributed by atoms with Crippen LogP contribution in [-0.2, 0) is 14.3 Å². The number of anilines is 1. The molecule has 0 N–H and O–H groups in total. The van der Waals surface area contributed by atoms with Crippen molar-refractivity contribution in [2.75, 3.05) is 24.6 Å². The molecule has 1 atom stereocenters. The highest BCUT2D eigenvalue weighted by Gasteiger charge is 2.33. The number of allylic oxidation sites excluding steroid dienone is 1. The van der Waals surface area contributed by atoms with Crippen molar-refractivity contribution in [3.05, 3.63) is 90.6 Å². The smallest absolute Gasteiger partial charge is 0.338 e. The van der Waals surface area contributed by atoms with Gasteiger partial charge in [-0.3, -0.25) is 14.2 Å². The third-order valence-corrected chi connectivity index (χ3v) is 7.28. The molecule has 0 bridgehead atoms. The lowest BCUT2D eigenvalue weighted by atomic mass is 9.96. The molecule has 0 aliphatic carbocycles. The standard InChI is InChI=1S/C29H31N3O5S/c1-6-31(7-2)22-13-9-20(10-14-22)17-24-27(34)32-26(21-11-15-23(16-12-21)37-19(5)33)25(28(35)36-8-3)18(4)30-29(32)38-24/h9-17,26H,6-8H2,1-5H3/b24-17+/t26-/m1/s1. The molecule has 0 fully saturated rings. The largest absolute Gasteiger partial charge is 0.463 e. The van der Waals surface area contributed by atoms with Crippen molar-refractivity contribution >= 4 is 35.0 Å². The SMILES string of the molecule is CCOC(=O)C1=C(C)N=c2s/c(=C/c3ccc(N(CC)CC)cc3)c(=O)n2[C@@H]1c1ccc(OC(C)=O)cc1. The normalized spacial score (nSPS) is 15.1. The minimum atomic E-state index is -0.733. The number of hydrogen-bond acceptors (Lipinski definition) is 8. The maximum atomic E-state index is 13.7. The van der Waals surface area contributed by atoms with Crippen molar-refractivity contribution in [1.82, 2.24) is 4.57 Å². The number of carbonyl (C=O) groups is 2. The van der Waals surface area contributed by atoms with Crippen LogP contribution in [0.4, 0.5) is 5.69 Å². The molecule has 2 aromatic carbocycles. The Bertz CT molecular complexity index is 1550. The van der Waals surface area contributed by atoms with E-state index in [4.69, 9.17) is 9.47 Å². The first kappa shape index (κ1) is 27.1. The van der Waals surface area contributed by atoms with Gasteiger partial charge in [-0.15, -0.1) is 0 Å². The number of thiazole rings is 1. The first-order valence-electron chi connectivity index (χ1n) is 12.6. The lowest BCUT2D eigenvalue weighted by molar-refractivity contribution is -0.139. The maximum Gasteiger partial charge on any atom is 0.338 e. The van der Waals surface area contributed by atoms with Crippen LogP contribution in [0.5, 0.6) is 5.75 Å². The van der Waals surface area contributed by atoms with E-state index in [-0.39, 0.29) is 12.2 Å². The summed E-state index contributed by atoms with van der Waals surface area (Å²) in [7, 11) is 0. The highest BCUT2D eigenvalue weighted by Crippen LogP contribution is 2.31. The molecule has 38 heavy (non-hydrogen) atoms. The van der Waals surface area contributed by atoms with Crippen molar-refractivity contribution in [1.29, 1.82) is 0 Å². The second-order valence-corrected chi connectivity index (χ2v) is 9.74. The summed E-state index contributed by atoms with van der Waals surface area (Å²) < 4.78 is 12.5. The number of aromatic nitrogens is 1. The number of hydrogen-bond donors (Lipinski definition) is 0. The van der Waals surface area contributed by atoms with Crippen LogP contribution in [0.15, 0.2) is 69.6 Å². The van der Waals surface area contributed by atoms with Gasteiger partial charge in [0, 0.05) is 25.7 Å². The molecule has 4 rings (SSSR count). The van der Waals surface area contributed by atoms with Gasteiger partial charge in [-0.05, 0) is 69.2 Å². The number of rotatable bonds is 8. The van der Waals surface area contributed by atoms with Crippen molar-refractivity contribution < 1.29 is 19.1 Å². The van der Waals surface area contributed by atoms with E-state index in [9.17, 15) is 14.4 Å². The average molecular weight is 534 g/mol. The molecule has 0 saturated heterocycles. The van der Waals surface area contributed by atoms with Gasteiger partial charge in [0.1, 0.15) is 5.75 Å². The monoisotopic (exact) mass is 533 g/mol. The van der Waals surface area contributed by atoms with Gasteiger partial charge in [-0.1, -0.05) is 35.6 Å². The molecule has 0 saturated carbocycles.